The second-order valence-electron chi connectivity index (χ2n) is 7.06. The number of hydrogen-bond acceptors (Lipinski definition) is 3. The van der Waals surface area contributed by atoms with Crippen LogP contribution in [0, 0.1) is 11.8 Å². The third kappa shape index (κ3) is 2.08. The average Bonchev–Trinajstić information content (AvgIpc) is 3.01. The van der Waals surface area contributed by atoms with E-state index in [1.165, 1.54) is 5.56 Å². The molecule has 2 aromatic rings. The molecule has 1 unspecified atom stereocenters. The molecule has 0 saturated heterocycles. The van der Waals surface area contributed by atoms with Gasteiger partial charge in [0.1, 0.15) is 12.1 Å². The van der Waals surface area contributed by atoms with E-state index in [4.69, 9.17) is 0 Å². The molecule has 23 heavy (non-hydrogen) atoms. The maximum atomic E-state index is 12.1. The number of aromatic nitrogens is 2. The van der Waals surface area contributed by atoms with Gasteiger partial charge in [0, 0.05) is 28.7 Å². The Balaban J connectivity index is 1.79. The number of carbonyl (C=O) groups excluding carboxylic acids is 2. The standard InChI is InChI=1S/C19H20N2O2/c1-19-10-13(11-22)16(23)9-14(19)7-8-15-17(20-21-18(15)19)12-5-3-2-4-6-12/h2-6,11,13-14H,7-10H2,1H3,(H,20,21)/t13?,14-,19-/m0/s1. The molecule has 3 atom stereocenters. The number of aldehydes is 1. The number of H-pyrrole nitrogens is 1. The molecule has 118 valence electrons. The van der Waals surface area contributed by atoms with Crippen molar-refractivity contribution in [2.45, 2.75) is 38.0 Å². The minimum Gasteiger partial charge on any atom is -0.303 e. The quantitative estimate of drug-likeness (QED) is 0.685. The largest absolute Gasteiger partial charge is 0.303 e. The highest BCUT2D eigenvalue weighted by molar-refractivity contribution is 5.94. The van der Waals surface area contributed by atoms with Crippen LogP contribution in [0.4, 0.5) is 0 Å². The Labute approximate surface area is 135 Å². The van der Waals surface area contributed by atoms with Gasteiger partial charge in [0.2, 0.25) is 0 Å². The molecule has 4 rings (SSSR count). The molecule has 0 aliphatic heterocycles. The summed E-state index contributed by atoms with van der Waals surface area (Å²) in [5.41, 5.74) is 4.36. The lowest BCUT2D eigenvalue weighted by molar-refractivity contribution is -0.132. The van der Waals surface area contributed by atoms with Crippen molar-refractivity contribution in [3.05, 3.63) is 41.6 Å². The number of Topliss-reactive ketones (excluding diaryl/α,β-unsaturated/α-hetero) is 1. The topological polar surface area (TPSA) is 62.8 Å². The Morgan fingerprint density at radius 1 is 1.30 bits per heavy atom. The summed E-state index contributed by atoms with van der Waals surface area (Å²) < 4.78 is 0. The van der Waals surface area contributed by atoms with Gasteiger partial charge in [0.05, 0.1) is 11.6 Å². The molecule has 0 amide bonds. The second-order valence-corrected chi connectivity index (χ2v) is 7.06. The van der Waals surface area contributed by atoms with Crippen molar-refractivity contribution in [1.29, 1.82) is 0 Å². The summed E-state index contributed by atoms with van der Waals surface area (Å²) in [4.78, 5) is 23.4. The number of nitrogens with one attached hydrogen (secondary N) is 1. The van der Waals surface area contributed by atoms with Gasteiger partial charge in [-0.05, 0) is 25.2 Å². The SMILES string of the molecule is C[C@]12CC(C=O)C(=O)C[C@@H]1CCc1c(-c3ccccc3)n[nH]c12. The molecule has 0 bridgehead atoms. The van der Waals surface area contributed by atoms with Crippen molar-refractivity contribution in [3.63, 3.8) is 0 Å². The van der Waals surface area contributed by atoms with Crippen molar-refractivity contribution in [1.82, 2.24) is 10.2 Å². The summed E-state index contributed by atoms with van der Waals surface area (Å²) in [6.45, 7) is 2.19. The van der Waals surface area contributed by atoms with Crippen LogP contribution in [0.15, 0.2) is 30.3 Å². The predicted octanol–water partition coefficient (Wildman–Crippen LogP) is 3.07. The van der Waals surface area contributed by atoms with Gasteiger partial charge in [-0.1, -0.05) is 37.3 Å². The maximum absolute atomic E-state index is 12.1. The normalized spacial score (nSPS) is 29.7. The molecular weight excluding hydrogens is 288 g/mol. The maximum Gasteiger partial charge on any atom is 0.143 e. The highest BCUT2D eigenvalue weighted by Gasteiger charge is 2.49. The Morgan fingerprint density at radius 2 is 2.09 bits per heavy atom. The zero-order chi connectivity index (χ0) is 16.0. The lowest BCUT2D eigenvalue weighted by atomic mass is 9.57. The fraction of sp³-hybridized carbons (Fsp3) is 0.421. The number of carbonyl (C=O) groups is 2. The average molecular weight is 308 g/mol. The number of rotatable bonds is 2. The van der Waals surface area contributed by atoms with E-state index >= 15 is 0 Å². The summed E-state index contributed by atoms with van der Waals surface area (Å²) in [7, 11) is 0. The molecule has 4 heteroatoms. The van der Waals surface area contributed by atoms with Gasteiger partial charge in [-0.2, -0.15) is 5.10 Å². The first kappa shape index (κ1) is 14.4. The van der Waals surface area contributed by atoms with E-state index in [0.717, 1.165) is 36.1 Å². The zero-order valence-electron chi connectivity index (χ0n) is 13.2. The Kier molecular flexibility index (Phi) is 3.22. The molecule has 1 N–H and O–H groups in total. The molecule has 1 fully saturated rings. The molecule has 0 spiro atoms. The van der Waals surface area contributed by atoms with E-state index in [2.05, 4.69) is 29.3 Å². The monoisotopic (exact) mass is 308 g/mol. The summed E-state index contributed by atoms with van der Waals surface area (Å²) >= 11 is 0. The van der Waals surface area contributed by atoms with E-state index in [1.807, 2.05) is 18.2 Å². The molecule has 1 saturated carbocycles. The Bertz CT molecular complexity index is 765. The summed E-state index contributed by atoms with van der Waals surface area (Å²) in [5.74, 6) is -0.0535. The van der Waals surface area contributed by atoms with E-state index in [9.17, 15) is 9.59 Å². The van der Waals surface area contributed by atoms with Crippen molar-refractivity contribution < 1.29 is 9.59 Å². The van der Waals surface area contributed by atoms with Crippen LogP contribution in [0.1, 0.15) is 37.4 Å². The van der Waals surface area contributed by atoms with Gasteiger partial charge < -0.3 is 4.79 Å². The van der Waals surface area contributed by atoms with Gasteiger partial charge in [-0.15, -0.1) is 0 Å². The second kappa shape index (κ2) is 5.15. The number of aromatic amines is 1. The first-order valence-electron chi connectivity index (χ1n) is 8.24. The highest BCUT2D eigenvalue weighted by atomic mass is 16.1. The molecule has 1 heterocycles. The van der Waals surface area contributed by atoms with Crippen molar-refractivity contribution in [3.8, 4) is 11.3 Å². The lowest BCUT2D eigenvalue weighted by Gasteiger charge is -2.45. The summed E-state index contributed by atoms with van der Waals surface area (Å²) in [6, 6.07) is 10.2. The van der Waals surface area contributed by atoms with E-state index in [0.29, 0.717) is 18.8 Å². The molecule has 2 aliphatic carbocycles. The van der Waals surface area contributed by atoms with E-state index < -0.39 is 5.92 Å². The first-order valence-corrected chi connectivity index (χ1v) is 8.24. The number of ketones is 1. The molecule has 1 aromatic heterocycles. The van der Waals surface area contributed by atoms with Gasteiger partial charge in [0.15, 0.2) is 0 Å². The molecule has 0 radical (unpaired) electrons. The van der Waals surface area contributed by atoms with Crippen LogP contribution in [0.2, 0.25) is 0 Å². The number of hydrogen-bond donors (Lipinski definition) is 1. The van der Waals surface area contributed by atoms with Crippen molar-refractivity contribution in [2.75, 3.05) is 0 Å². The fourth-order valence-corrected chi connectivity index (χ4v) is 4.44. The molecule has 2 aliphatic rings. The Hall–Kier alpha value is -2.23. The van der Waals surface area contributed by atoms with Crippen LogP contribution in [-0.4, -0.2) is 22.3 Å². The molecular formula is C19H20N2O2. The summed E-state index contributed by atoms with van der Waals surface area (Å²) in [5, 5.41) is 7.82. The minimum absolute atomic E-state index is 0.105. The van der Waals surface area contributed by atoms with Crippen molar-refractivity contribution in [2.24, 2.45) is 11.8 Å². The van der Waals surface area contributed by atoms with Crippen LogP contribution in [0.5, 0.6) is 0 Å². The number of nitrogens with zero attached hydrogens (tertiary/aromatic N) is 1. The minimum atomic E-state index is -0.467. The Morgan fingerprint density at radius 3 is 2.83 bits per heavy atom. The van der Waals surface area contributed by atoms with Crippen molar-refractivity contribution >= 4 is 12.1 Å². The van der Waals surface area contributed by atoms with Gasteiger partial charge >= 0.3 is 0 Å². The van der Waals surface area contributed by atoms with Gasteiger partial charge in [-0.25, -0.2) is 0 Å². The summed E-state index contributed by atoms with van der Waals surface area (Å²) in [6.07, 6.45) is 3.87. The van der Waals surface area contributed by atoms with Crippen LogP contribution < -0.4 is 0 Å². The van der Waals surface area contributed by atoms with Crippen LogP contribution in [0.25, 0.3) is 11.3 Å². The first-order chi connectivity index (χ1) is 11.1. The van der Waals surface area contributed by atoms with E-state index in [-0.39, 0.29) is 11.2 Å². The number of fused-ring (bicyclic) bond motifs is 3. The fourth-order valence-electron chi connectivity index (χ4n) is 4.44. The predicted molar refractivity (Wildman–Crippen MR) is 87.0 cm³/mol. The third-order valence-corrected chi connectivity index (χ3v) is 5.80. The third-order valence-electron chi connectivity index (χ3n) is 5.80. The number of benzene rings is 1. The van der Waals surface area contributed by atoms with Crippen LogP contribution >= 0.6 is 0 Å². The lowest BCUT2D eigenvalue weighted by Crippen LogP contribution is -2.46. The molecule has 4 nitrogen and oxygen atoms in total. The molecule has 1 aromatic carbocycles. The van der Waals surface area contributed by atoms with E-state index in [1.54, 1.807) is 0 Å². The van der Waals surface area contributed by atoms with Crippen LogP contribution in [0.3, 0.4) is 0 Å². The van der Waals surface area contributed by atoms with Gasteiger partial charge in [0.25, 0.3) is 0 Å². The zero-order valence-corrected chi connectivity index (χ0v) is 13.2. The smallest absolute Gasteiger partial charge is 0.143 e. The van der Waals surface area contributed by atoms with Crippen LogP contribution in [-0.2, 0) is 21.4 Å². The van der Waals surface area contributed by atoms with Gasteiger partial charge in [-0.3, -0.25) is 9.89 Å². The highest BCUT2D eigenvalue weighted by Crippen LogP contribution is 2.50.